The van der Waals surface area contributed by atoms with E-state index in [0.29, 0.717) is 17.1 Å². The Hall–Kier alpha value is -5.83. The molecular weight excluding hydrogens is 466 g/mol. The molecule has 0 spiro atoms. The molecule has 0 aliphatic carbocycles. The van der Waals surface area contributed by atoms with Gasteiger partial charge in [0.1, 0.15) is 0 Å². The van der Waals surface area contributed by atoms with E-state index in [1.165, 1.54) is 0 Å². The molecule has 0 aliphatic rings. The molecule has 0 amide bonds. The van der Waals surface area contributed by atoms with E-state index in [9.17, 15) is 0 Å². The molecule has 38 heavy (non-hydrogen) atoms. The highest BCUT2D eigenvalue weighted by Crippen LogP contribution is 2.42. The second-order valence-corrected chi connectivity index (χ2v) is 9.09. The number of nitrogens with zero attached hydrogens (tertiary/aromatic N) is 5. The van der Waals surface area contributed by atoms with Crippen LogP contribution in [0.1, 0.15) is 0 Å². The van der Waals surface area contributed by atoms with Crippen LogP contribution in [-0.4, -0.2) is 9.13 Å². The van der Waals surface area contributed by atoms with Crippen molar-refractivity contribution in [2.24, 2.45) is 0 Å². The molecular formula is C33H17N5. The molecule has 7 rings (SSSR count). The summed E-state index contributed by atoms with van der Waals surface area (Å²) in [6.45, 7) is 23.0. The Bertz CT molecular complexity index is 2230. The molecule has 0 saturated heterocycles. The highest BCUT2D eigenvalue weighted by molar-refractivity contribution is 6.17. The fourth-order valence-electron chi connectivity index (χ4n) is 5.59. The van der Waals surface area contributed by atoms with E-state index < -0.39 is 0 Å². The zero-order valence-electron chi connectivity index (χ0n) is 20.1. The fraction of sp³-hybridized carbons (Fsp3) is 0. The zero-order valence-corrected chi connectivity index (χ0v) is 20.1. The van der Waals surface area contributed by atoms with Crippen molar-refractivity contribution < 1.29 is 0 Å². The normalized spacial score (nSPS) is 11.1. The van der Waals surface area contributed by atoms with Gasteiger partial charge in [0.25, 0.3) is 0 Å². The van der Waals surface area contributed by atoms with Crippen LogP contribution in [0.4, 0.5) is 17.1 Å². The van der Waals surface area contributed by atoms with Gasteiger partial charge in [0.05, 0.1) is 53.2 Å². The zero-order chi connectivity index (χ0) is 25.8. The third-order valence-electron chi connectivity index (χ3n) is 7.15. The number of hydrogen-bond donors (Lipinski definition) is 0. The van der Waals surface area contributed by atoms with Gasteiger partial charge in [-0.05, 0) is 59.3 Å². The van der Waals surface area contributed by atoms with E-state index in [4.69, 9.17) is 19.7 Å². The maximum absolute atomic E-state index is 7.78. The lowest BCUT2D eigenvalue weighted by Crippen LogP contribution is -1.96. The number of para-hydroxylation sites is 3. The van der Waals surface area contributed by atoms with Gasteiger partial charge in [-0.25, -0.2) is 14.5 Å². The van der Waals surface area contributed by atoms with Crippen molar-refractivity contribution in [2.45, 2.75) is 0 Å². The summed E-state index contributed by atoms with van der Waals surface area (Å²) in [7, 11) is 0. The molecule has 5 nitrogen and oxygen atoms in total. The Labute approximate surface area is 218 Å². The van der Waals surface area contributed by atoms with Crippen LogP contribution in [0.15, 0.2) is 103 Å². The minimum Gasteiger partial charge on any atom is -0.319 e. The van der Waals surface area contributed by atoms with Crippen molar-refractivity contribution in [1.82, 2.24) is 9.13 Å². The molecule has 2 heterocycles. The van der Waals surface area contributed by atoms with Crippen LogP contribution in [-0.2, 0) is 0 Å². The Kier molecular flexibility index (Phi) is 4.57. The largest absolute Gasteiger partial charge is 0.319 e. The lowest BCUT2D eigenvalue weighted by molar-refractivity contribution is 1.17. The molecule has 174 valence electrons. The first-order valence-corrected chi connectivity index (χ1v) is 12.1. The molecule has 0 N–H and O–H groups in total. The summed E-state index contributed by atoms with van der Waals surface area (Å²) in [4.78, 5) is 11.2. The highest BCUT2D eigenvalue weighted by atomic mass is 15.0. The van der Waals surface area contributed by atoms with Gasteiger partial charge < -0.3 is 9.13 Å². The van der Waals surface area contributed by atoms with Crippen LogP contribution < -0.4 is 0 Å². The molecule has 0 atom stereocenters. The maximum atomic E-state index is 7.78. The maximum Gasteiger partial charge on any atom is 0.210 e. The number of fused-ring (bicyclic) bond motifs is 6. The Morgan fingerprint density at radius 1 is 0.447 bits per heavy atom. The van der Waals surface area contributed by atoms with E-state index in [2.05, 4.69) is 47.9 Å². The van der Waals surface area contributed by atoms with Crippen LogP contribution in [0.5, 0.6) is 0 Å². The average molecular weight is 484 g/mol. The molecule has 5 heteroatoms. The topological polar surface area (TPSA) is 22.9 Å². The van der Waals surface area contributed by atoms with E-state index in [1.807, 2.05) is 78.9 Å². The molecule has 0 radical (unpaired) electrons. The highest BCUT2D eigenvalue weighted by Gasteiger charge is 2.20. The van der Waals surface area contributed by atoms with Gasteiger partial charge >= 0.3 is 0 Å². The second kappa shape index (κ2) is 8.10. The molecule has 0 bridgehead atoms. The first kappa shape index (κ1) is 21.5. The van der Waals surface area contributed by atoms with E-state index in [0.717, 1.165) is 55.0 Å². The van der Waals surface area contributed by atoms with Crippen molar-refractivity contribution in [2.75, 3.05) is 0 Å². The lowest BCUT2D eigenvalue weighted by atomic mass is 10.1. The summed E-state index contributed by atoms with van der Waals surface area (Å²) in [6.07, 6.45) is 0. The van der Waals surface area contributed by atoms with Gasteiger partial charge in [0.2, 0.25) is 5.69 Å². The number of benzene rings is 5. The Morgan fingerprint density at radius 3 is 1.79 bits per heavy atom. The van der Waals surface area contributed by atoms with Crippen molar-refractivity contribution in [3.8, 4) is 11.4 Å². The molecule has 0 fully saturated rings. The first-order chi connectivity index (χ1) is 18.7. The van der Waals surface area contributed by atoms with Crippen molar-refractivity contribution in [3.05, 3.63) is 137 Å². The summed E-state index contributed by atoms with van der Waals surface area (Å²) >= 11 is 0. The van der Waals surface area contributed by atoms with Crippen LogP contribution >= 0.6 is 0 Å². The lowest BCUT2D eigenvalue weighted by Gasteiger charge is -2.12. The van der Waals surface area contributed by atoms with Gasteiger partial charge in [-0.1, -0.05) is 54.6 Å². The van der Waals surface area contributed by atoms with Gasteiger partial charge in [-0.3, -0.25) is 0 Å². The summed E-state index contributed by atoms with van der Waals surface area (Å²) in [5.74, 6) is 0. The van der Waals surface area contributed by atoms with Gasteiger partial charge in [0, 0.05) is 10.8 Å². The number of hydrogen-bond acceptors (Lipinski definition) is 0. The van der Waals surface area contributed by atoms with Crippen molar-refractivity contribution >= 4 is 60.7 Å². The molecule has 0 aliphatic heterocycles. The van der Waals surface area contributed by atoms with Crippen molar-refractivity contribution in [3.63, 3.8) is 0 Å². The molecule has 7 aromatic rings. The molecule has 5 aromatic carbocycles. The predicted octanol–water partition coefficient (Wildman–Crippen LogP) is 9.53. The van der Waals surface area contributed by atoms with Gasteiger partial charge in [0.15, 0.2) is 11.4 Å². The quantitative estimate of drug-likeness (QED) is 0.219. The first-order valence-electron chi connectivity index (χ1n) is 12.1. The predicted molar refractivity (Wildman–Crippen MR) is 154 cm³/mol. The third kappa shape index (κ3) is 2.89. The summed E-state index contributed by atoms with van der Waals surface area (Å²) < 4.78 is 4.37. The summed E-state index contributed by atoms with van der Waals surface area (Å²) in [6, 6.07) is 33.6. The molecule has 0 saturated carbocycles. The van der Waals surface area contributed by atoms with Crippen LogP contribution in [0.25, 0.3) is 69.5 Å². The SMILES string of the molecule is [C-]#[N+]c1ccc2c(c1)c1ccccc1n2-c1cccc2c1c1cc([N+]#[C-])ccc1n2-c1ccccc1[N+]#[C-]. The van der Waals surface area contributed by atoms with E-state index in [1.54, 1.807) is 0 Å². The summed E-state index contributed by atoms with van der Waals surface area (Å²) in [5, 5.41) is 4.06. The van der Waals surface area contributed by atoms with Crippen LogP contribution in [0, 0.1) is 19.7 Å². The molecule has 0 unspecified atom stereocenters. The number of rotatable bonds is 2. The molecule has 2 aromatic heterocycles. The van der Waals surface area contributed by atoms with E-state index in [-0.39, 0.29) is 0 Å². The Balaban J connectivity index is 1.70. The second-order valence-electron chi connectivity index (χ2n) is 9.09. The Morgan fingerprint density at radius 2 is 1.03 bits per heavy atom. The minimum absolute atomic E-state index is 0.564. The van der Waals surface area contributed by atoms with Crippen LogP contribution in [0.2, 0.25) is 0 Å². The van der Waals surface area contributed by atoms with E-state index >= 15 is 0 Å². The smallest absolute Gasteiger partial charge is 0.210 e. The summed E-state index contributed by atoms with van der Waals surface area (Å²) in [5.41, 5.74) is 7.47. The van der Waals surface area contributed by atoms with Crippen molar-refractivity contribution in [1.29, 1.82) is 0 Å². The van der Waals surface area contributed by atoms with Crippen LogP contribution in [0.3, 0.4) is 0 Å². The fourth-order valence-corrected chi connectivity index (χ4v) is 5.59. The third-order valence-corrected chi connectivity index (χ3v) is 7.15. The van der Waals surface area contributed by atoms with Gasteiger partial charge in [-0.15, -0.1) is 0 Å². The monoisotopic (exact) mass is 483 g/mol. The average Bonchev–Trinajstić information content (AvgIpc) is 3.49. The minimum atomic E-state index is 0.564. The number of aromatic nitrogens is 2. The standard InChI is InChI=1S/C33H17N5/c1-34-21-15-17-28-24(19-21)23-9-4-6-11-27(23)37(28)31-13-8-14-32-33(31)25-20-22(35-2)16-18-29(25)38(32)30-12-7-5-10-26(30)36-3/h4-20H. The van der Waals surface area contributed by atoms with Gasteiger partial charge in [-0.2, -0.15) is 0 Å².